The van der Waals surface area contributed by atoms with E-state index in [9.17, 15) is 14.4 Å². The van der Waals surface area contributed by atoms with Crippen molar-refractivity contribution in [1.82, 2.24) is 0 Å². The third-order valence-electron chi connectivity index (χ3n) is 6.39. The Morgan fingerprint density at radius 2 is 1.67 bits per heavy atom. The number of rotatable bonds is 11. The normalized spacial score (nSPS) is 23.7. The van der Waals surface area contributed by atoms with E-state index in [1.165, 1.54) is 0 Å². The first-order chi connectivity index (χ1) is 15.7. The molecule has 0 N–H and O–H groups in total. The summed E-state index contributed by atoms with van der Waals surface area (Å²) in [4.78, 5) is 39.5. The summed E-state index contributed by atoms with van der Waals surface area (Å²) >= 11 is 0. The van der Waals surface area contributed by atoms with Crippen LogP contribution in [-0.4, -0.2) is 59.3 Å². The third-order valence-corrected chi connectivity index (χ3v) is 8.09. The molecular formula is C25H36O7Si. The lowest BCUT2D eigenvalue weighted by Gasteiger charge is -2.46. The Balaban J connectivity index is 1.92. The predicted molar refractivity (Wildman–Crippen MR) is 126 cm³/mol. The monoisotopic (exact) mass is 476 g/mol. The number of hydrogen-bond donors (Lipinski definition) is 0. The zero-order chi connectivity index (χ0) is 24.2. The van der Waals surface area contributed by atoms with Crippen molar-refractivity contribution in [2.75, 3.05) is 33.5 Å². The number of ketones is 1. The maximum atomic E-state index is 13.3. The van der Waals surface area contributed by atoms with Gasteiger partial charge in [0, 0.05) is 27.5 Å². The van der Waals surface area contributed by atoms with E-state index in [1.54, 1.807) is 7.11 Å². The molecule has 2 bridgehead atoms. The van der Waals surface area contributed by atoms with Crippen LogP contribution in [0.1, 0.15) is 42.7 Å². The fraction of sp³-hybridized carbons (Fsp3) is 0.640. The summed E-state index contributed by atoms with van der Waals surface area (Å²) in [5.74, 6) is -3.04. The van der Waals surface area contributed by atoms with Crippen LogP contribution in [0.4, 0.5) is 0 Å². The van der Waals surface area contributed by atoms with Gasteiger partial charge in [-0.05, 0) is 35.7 Å². The van der Waals surface area contributed by atoms with Gasteiger partial charge in [0.1, 0.15) is 18.1 Å². The van der Waals surface area contributed by atoms with Crippen LogP contribution in [-0.2, 0) is 28.6 Å². The highest BCUT2D eigenvalue weighted by molar-refractivity contribution is 6.76. The summed E-state index contributed by atoms with van der Waals surface area (Å²) in [6.07, 6.45) is 0.896. The van der Waals surface area contributed by atoms with E-state index in [1.807, 2.05) is 25.1 Å². The minimum absolute atomic E-state index is 0.0360. The molecule has 0 saturated heterocycles. The molecule has 3 aliphatic carbocycles. The molecular weight excluding hydrogens is 440 g/mol. The van der Waals surface area contributed by atoms with Gasteiger partial charge in [0.15, 0.2) is 0 Å². The van der Waals surface area contributed by atoms with Crippen LogP contribution in [0.3, 0.4) is 0 Å². The molecule has 1 fully saturated rings. The minimum Gasteiger partial charge on any atom is -0.491 e. The number of carbonyl (C=O) groups excluding carboxylic acids is 3. The highest BCUT2D eigenvalue weighted by Gasteiger charge is 2.57. The summed E-state index contributed by atoms with van der Waals surface area (Å²) in [5.41, 5.74) is 1.68. The maximum absolute atomic E-state index is 13.3. The van der Waals surface area contributed by atoms with Gasteiger partial charge in [-0.3, -0.25) is 14.4 Å². The van der Waals surface area contributed by atoms with Crippen molar-refractivity contribution < 1.29 is 33.3 Å². The largest absolute Gasteiger partial charge is 0.491 e. The Morgan fingerprint density at radius 3 is 2.33 bits per heavy atom. The zero-order valence-corrected chi connectivity index (χ0v) is 21.3. The molecule has 0 aliphatic heterocycles. The van der Waals surface area contributed by atoms with E-state index in [4.69, 9.17) is 18.9 Å². The molecule has 4 rings (SSSR count). The first kappa shape index (κ1) is 25.4. The summed E-state index contributed by atoms with van der Waals surface area (Å²) in [6.45, 7) is 9.98. The first-order valence-corrected chi connectivity index (χ1v) is 15.5. The lowest BCUT2D eigenvalue weighted by atomic mass is 9.55. The molecule has 182 valence electrons. The number of hydrogen-bond acceptors (Lipinski definition) is 7. The van der Waals surface area contributed by atoms with E-state index in [-0.39, 0.29) is 18.8 Å². The number of carbonyl (C=O) groups is 3. The second-order valence-electron chi connectivity index (χ2n) is 10.1. The summed E-state index contributed by atoms with van der Waals surface area (Å²) in [7, 11) is 0.219. The number of fused-ring (bicyclic) bond motifs is 2. The quantitative estimate of drug-likeness (QED) is 0.272. The Labute approximate surface area is 197 Å². The number of ether oxygens (including phenoxy) is 4. The average Bonchev–Trinajstić information content (AvgIpc) is 2.76. The molecule has 33 heavy (non-hydrogen) atoms. The molecule has 1 aromatic rings. The van der Waals surface area contributed by atoms with Crippen LogP contribution in [0.5, 0.6) is 5.75 Å². The van der Waals surface area contributed by atoms with Crippen LogP contribution in [0.15, 0.2) is 18.2 Å². The summed E-state index contributed by atoms with van der Waals surface area (Å²) in [6, 6.07) is 6.43. The van der Waals surface area contributed by atoms with Gasteiger partial charge < -0.3 is 18.9 Å². The average molecular weight is 477 g/mol. The van der Waals surface area contributed by atoms with Gasteiger partial charge in [0.2, 0.25) is 0 Å². The molecule has 0 aromatic heterocycles. The van der Waals surface area contributed by atoms with Crippen molar-refractivity contribution in [2.45, 2.75) is 57.3 Å². The zero-order valence-electron chi connectivity index (χ0n) is 20.3. The Hall–Kier alpha value is -2.19. The van der Waals surface area contributed by atoms with Crippen LogP contribution in [0, 0.1) is 11.8 Å². The Kier molecular flexibility index (Phi) is 8.34. The summed E-state index contributed by atoms with van der Waals surface area (Å²) < 4.78 is 21.9. The first-order valence-electron chi connectivity index (χ1n) is 11.8. The molecule has 1 aromatic carbocycles. The van der Waals surface area contributed by atoms with Crippen LogP contribution < -0.4 is 4.74 Å². The Morgan fingerprint density at radius 1 is 0.970 bits per heavy atom. The Bertz CT molecular complexity index is 876. The van der Waals surface area contributed by atoms with Crippen LogP contribution in [0.2, 0.25) is 25.7 Å². The lowest BCUT2D eigenvalue weighted by Crippen LogP contribution is -2.50. The van der Waals surface area contributed by atoms with Crippen molar-refractivity contribution >= 4 is 25.8 Å². The predicted octanol–water partition coefficient (Wildman–Crippen LogP) is 3.93. The van der Waals surface area contributed by atoms with E-state index in [0.717, 1.165) is 17.2 Å². The van der Waals surface area contributed by atoms with Crippen molar-refractivity contribution in [2.24, 2.45) is 11.8 Å². The molecule has 0 amide bonds. The highest BCUT2D eigenvalue weighted by Crippen LogP contribution is 2.55. The minimum atomic E-state index is -1.38. The van der Waals surface area contributed by atoms with Crippen molar-refractivity contribution in [3.8, 4) is 5.75 Å². The number of benzene rings is 1. The number of Topliss-reactive ketones (excluding diaryl/α,β-unsaturated/α-hetero) is 1. The fourth-order valence-electron chi connectivity index (χ4n) is 4.74. The van der Waals surface area contributed by atoms with Gasteiger partial charge in [-0.2, -0.15) is 0 Å². The fourth-order valence-corrected chi connectivity index (χ4v) is 5.45. The van der Waals surface area contributed by atoms with Crippen molar-refractivity contribution in [3.63, 3.8) is 0 Å². The van der Waals surface area contributed by atoms with Crippen LogP contribution in [0.25, 0.3) is 0 Å². The van der Waals surface area contributed by atoms with E-state index >= 15 is 0 Å². The van der Waals surface area contributed by atoms with Gasteiger partial charge in [0.25, 0.3) is 0 Å². The molecule has 3 aliphatic rings. The van der Waals surface area contributed by atoms with Crippen molar-refractivity contribution in [1.29, 1.82) is 0 Å². The number of methoxy groups -OCH3 is 1. The van der Waals surface area contributed by atoms with Gasteiger partial charge in [-0.1, -0.05) is 32.6 Å². The van der Waals surface area contributed by atoms with E-state index in [0.29, 0.717) is 32.0 Å². The maximum Gasteiger partial charge on any atom is 0.310 e. The van der Waals surface area contributed by atoms with Crippen molar-refractivity contribution in [3.05, 3.63) is 29.3 Å². The van der Waals surface area contributed by atoms with E-state index < -0.39 is 43.7 Å². The number of esters is 2. The SMILES string of the molecule is CCCOC(=O)C1[C@H](C(=O)OCC[Si](C)(C)C)C2CC(=O)[C@H]1c1cc(OCCOC)ccc12. The third kappa shape index (κ3) is 5.84. The van der Waals surface area contributed by atoms with Gasteiger partial charge in [-0.25, -0.2) is 0 Å². The summed E-state index contributed by atoms with van der Waals surface area (Å²) in [5, 5.41) is 0. The molecule has 7 nitrogen and oxygen atoms in total. The van der Waals surface area contributed by atoms with Gasteiger partial charge >= 0.3 is 11.9 Å². The molecule has 4 atom stereocenters. The molecule has 2 unspecified atom stereocenters. The molecule has 1 saturated carbocycles. The molecule has 0 radical (unpaired) electrons. The molecule has 8 heteroatoms. The van der Waals surface area contributed by atoms with Gasteiger partial charge in [-0.15, -0.1) is 0 Å². The smallest absolute Gasteiger partial charge is 0.310 e. The molecule has 0 spiro atoms. The topological polar surface area (TPSA) is 88.1 Å². The molecule has 0 heterocycles. The van der Waals surface area contributed by atoms with Crippen LogP contribution >= 0.6 is 0 Å². The van der Waals surface area contributed by atoms with E-state index in [2.05, 4.69) is 19.6 Å². The lowest BCUT2D eigenvalue weighted by molar-refractivity contribution is -0.167. The highest BCUT2D eigenvalue weighted by atomic mass is 28.3. The second kappa shape index (κ2) is 10.8. The standard InChI is InChI=1S/C25H36O7Si/c1-6-9-31-25(28)23-21-18-14-16(30-11-10-29-2)7-8-17(18)19(15-20(21)26)22(23)24(27)32-12-13-33(3,4)5/h7-8,14,19,21-23H,6,9-13,15H2,1-5H3/t19?,21-,22-,23?/m1/s1. The van der Waals surface area contributed by atoms with Gasteiger partial charge in [0.05, 0.1) is 37.6 Å². The second-order valence-corrected chi connectivity index (χ2v) is 15.7.